The number of fused-ring (bicyclic) bond motifs is 2. The molecule has 0 spiro atoms. The van der Waals surface area contributed by atoms with E-state index in [1.807, 2.05) is 11.8 Å². The Balaban J connectivity index is 0.000000617. The Bertz CT molecular complexity index is 1360. The average molecular weight is 551 g/mol. The van der Waals surface area contributed by atoms with Gasteiger partial charge in [0.2, 0.25) is 0 Å². The van der Waals surface area contributed by atoms with Crippen LogP contribution in [0.25, 0.3) is 11.6 Å². The molecule has 2 aromatic rings. The zero-order valence-electron chi connectivity index (χ0n) is 21.2. The number of halogens is 1. The molecule has 0 unspecified atom stereocenters. The van der Waals surface area contributed by atoms with Gasteiger partial charge in [-0.05, 0) is 49.6 Å². The van der Waals surface area contributed by atoms with Crippen molar-refractivity contribution < 1.29 is 36.8 Å². The molecule has 0 bridgehead atoms. The Labute approximate surface area is 220 Å². The summed E-state index contributed by atoms with van der Waals surface area (Å²) in [6.45, 7) is 5.07. The van der Waals surface area contributed by atoms with Crippen LogP contribution in [0.2, 0.25) is 0 Å². The van der Waals surface area contributed by atoms with Gasteiger partial charge < -0.3 is 25.0 Å². The summed E-state index contributed by atoms with van der Waals surface area (Å²) in [5.74, 6) is -0.850. The molecule has 3 aliphatic heterocycles. The fourth-order valence-corrected chi connectivity index (χ4v) is 4.82. The number of carbonyl (C=O) groups excluding carboxylic acids is 2. The Morgan fingerprint density at radius 3 is 2.58 bits per heavy atom. The number of benzene rings is 1. The van der Waals surface area contributed by atoms with E-state index in [2.05, 4.69) is 10.3 Å². The van der Waals surface area contributed by atoms with Crippen molar-refractivity contribution in [1.29, 1.82) is 0 Å². The molecule has 1 aromatic heterocycles. The molecule has 0 aliphatic carbocycles. The van der Waals surface area contributed by atoms with Crippen molar-refractivity contribution in [2.24, 2.45) is 0 Å². The van der Waals surface area contributed by atoms with Crippen molar-refractivity contribution in [3.8, 4) is 0 Å². The van der Waals surface area contributed by atoms with Crippen LogP contribution < -0.4 is 5.32 Å². The summed E-state index contributed by atoms with van der Waals surface area (Å²) in [7, 11) is -3.67. The van der Waals surface area contributed by atoms with Crippen molar-refractivity contribution >= 4 is 39.3 Å². The van der Waals surface area contributed by atoms with Crippen molar-refractivity contribution in [3.63, 3.8) is 0 Å². The molecule has 1 aromatic carbocycles. The number of β-amino-alcohol motifs (C(OH)–C–C–N with tert-alkyl or cyclic N) is 1. The standard InChI is InChI=1S/C24H27FN4O4.CH4O3S/c1-14-20(12-17-16-11-15(25)4-5-18(16)27-23(17)31)26-19-3-2-6-29(24(32)22(14)19)13-21(30)28-7-9-33-10-8-28;1-5(2,3)4/h4-5,11-12,21,26,30H,2-3,6-10,13H2,1H3,(H,27,31);1H3,(H,2,3,4)/b17-12-;/t21-;/m0./s1. The molecule has 5 rings (SSSR count). The number of nitrogens with one attached hydrogen (secondary N) is 2. The molecule has 11 nitrogen and oxygen atoms in total. The highest BCUT2D eigenvalue weighted by atomic mass is 32.2. The number of aryl methyl sites for hydroxylation is 1. The second-order valence-corrected chi connectivity index (χ2v) is 10.9. The number of ether oxygens (including phenoxy) is 1. The van der Waals surface area contributed by atoms with Gasteiger partial charge in [0, 0.05) is 42.3 Å². The number of aromatic amines is 1. The van der Waals surface area contributed by atoms with Crippen LogP contribution in [-0.4, -0.2) is 96.6 Å². The van der Waals surface area contributed by atoms with Gasteiger partial charge in [-0.25, -0.2) is 4.39 Å². The molecule has 3 aliphatic rings. The zero-order chi connectivity index (χ0) is 27.6. The Kier molecular flexibility index (Phi) is 8.33. The van der Waals surface area contributed by atoms with Gasteiger partial charge in [-0.15, -0.1) is 0 Å². The maximum atomic E-state index is 13.8. The van der Waals surface area contributed by atoms with E-state index >= 15 is 0 Å². The summed E-state index contributed by atoms with van der Waals surface area (Å²) in [5, 5.41) is 13.4. The number of hydrogen-bond acceptors (Lipinski definition) is 7. The highest BCUT2D eigenvalue weighted by Crippen LogP contribution is 2.35. The average Bonchev–Trinajstić information content (AvgIpc) is 3.27. The number of hydrogen-bond donors (Lipinski definition) is 4. The number of aromatic nitrogens is 1. The first-order valence-electron chi connectivity index (χ1n) is 12.2. The van der Waals surface area contributed by atoms with Crippen LogP contribution >= 0.6 is 0 Å². The molecule has 4 heterocycles. The molecular formula is C25H31FN4O7S. The number of nitrogens with zero attached hydrogens (tertiary/aromatic N) is 2. The molecule has 38 heavy (non-hydrogen) atoms. The number of amides is 2. The lowest BCUT2D eigenvalue weighted by molar-refractivity contribution is -0.110. The number of H-pyrrole nitrogens is 1. The lowest BCUT2D eigenvalue weighted by atomic mass is 10.0. The van der Waals surface area contributed by atoms with Gasteiger partial charge in [0.25, 0.3) is 21.9 Å². The van der Waals surface area contributed by atoms with E-state index in [0.717, 1.165) is 17.7 Å². The fraction of sp³-hybridized carbons (Fsp3) is 0.440. The molecule has 13 heteroatoms. The number of rotatable bonds is 4. The third kappa shape index (κ3) is 6.48. The van der Waals surface area contributed by atoms with E-state index in [1.165, 1.54) is 12.1 Å². The van der Waals surface area contributed by atoms with Gasteiger partial charge in [-0.2, -0.15) is 8.42 Å². The molecule has 0 saturated carbocycles. The van der Waals surface area contributed by atoms with Gasteiger partial charge in [-0.3, -0.25) is 19.0 Å². The first kappa shape index (κ1) is 27.9. The normalized spacial score (nSPS) is 19.8. The second kappa shape index (κ2) is 11.3. The van der Waals surface area contributed by atoms with Gasteiger partial charge in [0.15, 0.2) is 0 Å². The zero-order valence-corrected chi connectivity index (χ0v) is 22.0. The number of aliphatic hydroxyl groups excluding tert-OH is 1. The monoisotopic (exact) mass is 550 g/mol. The third-order valence-electron chi connectivity index (χ3n) is 6.63. The van der Waals surface area contributed by atoms with Crippen molar-refractivity contribution in [2.45, 2.75) is 26.0 Å². The van der Waals surface area contributed by atoms with Gasteiger partial charge in [0.05, 0.1) is 37.2 Å². The SMILES string of the molecule is CS(=O)(=O)O.Cc1c(/C=C2\C(=O)Nc3ccc(F)cc32)[nH]c2c1C(=O)N(C[C@H](O)N1CCOCC1)CCC2. The Morgan fingerprint density at radius 1 is 1.21 bits per heavy atom. The van der Waals surface area contributed by atoms with Crippen LogP contribution in [0.3, 0.4) is 0 Å². The van der Waals surface area contributed by atoms with Crippen LogP contribution in [0.15, 0.2) is 18.2 Å². The van der Waals surface area contributed by atoms with E-state index in [-0.39, 0.29) is 18.4 Å². The summed E-state index contributed by atoms with van der Waals surface area (Å²) in [5.41, 5.74) is 4.25. The minimum absolute atomic E-state index is 0.129. The van der Waals surface area contributed by atoms with E-state index in [4.69, 9.17) is 9.29 Å². The van der Waals surface area contributed by atoms with Gasteiger partial charge >= 0.3 is 0 Å². The van der Waals surface area contributed by atoms with Crippen LogP contribution in [0.4, 0.5) is 10.1 Å². The molecule has 2 amide bonds. The number of carbonyl (C=O) groups is 2. The van der Waals surface area contributed by atoms with Crippen molar-refractivity contribution in [2.75, 3.05) is 51.0 Å². The minimum Gasteiger partial charge on any atom is -0.379 e. The summed E-state index contributed by atoms with van der Waals surface area (Å²) >= 11 is 0. The summed E-state index contributed by atoms with van der Waals surface area (Å²) in [4.78, 5) is 32.9. The quantitative estimate of drug-likeness (QED) is 0.330. The smallest absolute Gasteiger partial charge is 0.261 e. The van der Waals surface area contributed by atoms with Gasteiger partial charge in [-0.1, -0.05) is 0 Å². The summed E-state index contributed by atoms with van der Waals surface area (Å²) in [6, 6.07) is 4.19. The molecule has 4 N–H and O–H groups in total. The highest BCUT2D eigenvalue weighted by Gasteiger charge is 2.31. The summed E-state index contributed by atoms with van der Waals surface area (Å²) < 4.78 is 45.0. The maximum Gasteiger partial charge on any atom is 0.261 e. The Hall–Kier alpha value is -3.10. The van der Waals surface area contributed by atoms with Crippen LogP contribution in [-0.2, 0) is 26.1 Å². The van der Waals surface area contributed by atoms with Crippen LogP contribution in [0.1, 0.15) is 39.3 Å². The lowest BCUT2D eigenvalue weighted by Gasteiger charge is -2.34. The topological polar surface area (TPSA) is 152 Å². The van der Waals surface area contributed by atoms with E-state index in [9.17, 15) is 27.5 Å². The molecule has 0 radical (unpaired) electrons. The molecule has 1 atom stereocenters. The molecular weight excluding hydrogens is 519 g/mol. The first-order chi connectivity index (χ1) is 17.9. The molecule has 1 saturated heterocycles. The van der Waals surface area contributed by atoms with Crippen LogP contribution in [0, 0.1) is 12.7 Å². The largest absolute Gasteiger partial charge is 0.379 e. The van der Waals surface area contributed by atoms with E-state index in [1.54, 1.807) is 17.0 Å². The number of morpholine rings is 1. The maximum absolute atomic E-state index is 13.8. The second-order valence-electron chi connectivity index (χ2n) is 9.44. The van der Waals surface area contributed by atoms with Crippen molar-refractivity contribution in [1.82, 2.24) is 14.8 Å². The molecule has 1 fully saturated rings. The lowest BCUT2D eigenvalue weighted by Crippen LogP contribution is -2.50. The van der Waals surface area contributed by atoms with Gasteiger partial charge in [0.1, 0.15) is 12.0 Å². The predicted octanol–water partition coefficient (Wildman–Crippen LogP) is 1.50. The first-order valence-corrected chi connectivity index (χ1v) is 14.0. The predicted molar refractivity (Wildman–Crippen MR) is 139 cm³/mol. The van der Waals surface area contributed by atoms with Crippen LogP contribution in [0.5, 0.6) is 0 Å². The minimum atomic E-state index is -3.67. The van der Waals surface area contributed by atoms with E-state index < -0.39 is 22.2 Å². The number of anilines is 1. The summed E-state index contributed by atoms with van der Waals surface area (Å²) in [6.07, 6.45) is 3.11. The highest BCUT2D eigenvalue weighted by molar-refractivity contribution is 7.85. The molecule has 206 valence electrons. The fourth-order valence-electron chi connectivity index (χ4n) is 4.82. The van der Waals surface area contributed by atoms with Crippen molar-refractivity contribution in [3.05, 3.63) is 52.1 Å². The number of aliphatic hydroxyl groups is 1. The van der Waals surface area contributed by atoms with E-state index in [0.29, 0.717) is 73.6 Å². The third-order valence-corrected chi connectivity index (χ3v) is 6.63. The Morgan fingerprint density at radius 2 is 1.89 bits per heavy atom.